The van der Waals surface area contributed by atoms with Crippen LogP contribution in [0.15, 0.2) is 11.1 Å². The van der Waals surface area contributed by atoms with Gasteiger partial charge in [0.15, 0.2) is 0 Å². The number of hydrogen-bond acceptors (Lipinski definition) is 3. The van der Waals surface area contributed by atoms with Gasteiger partial charge in [-0.15, -0.1) is 11.8 Å². The molecule has 1 fully saturated rings. The van der Waals surface area contributed by atoms with Crippen molar-refractivity contribution in [2.24, 2.45) is 0 Å². The van der Waals surface area contributed by atoms with E-state index < -0.39 is 12.0 Å². The van der Waals surface area contributed by atoms with Gasteiger partial charge in [0.1, 0.15) is 6.04 Å². The average molecular weight is 295 g/mol. The zero-order chi connectivity index (χ0) is 11.4. The molecular formula is C8H11BrN2O3S. The van der Waals surface area contributed by atoms with Gasteiger partial charge in [0.2, 0.25) is 0 Å². The Morgan fingerprint density at radius 2 is 2.33 bits per heavy atom. The predicted molar refractivity (Wildman–Crippen MR) is 62.1 cm³/mol. The molecule has 84 valence electrons. The molecule has 1 aliphatic heterocycles. The lowest BCUT2D eigenvalue weighted by Crippen LogP contribution is -2.47. The summed E-state index contributed by atoms with van der Waals surface area (Å²) >= 11 is 4.54. The number of urea groups is 1. The number of rotatable bonds is 3. The molecule has 15 heavy (non-hydrogen) atoms. The van der Waals surface area contributed by atoms with Crippen molar-refractivity contribution >= 4 is 39.7 Å². The third-order valence-electron chi connectivity index (χ3n) is 1.86. The summed E-state index contributed by atoms with van der Waals surface area (Å²) < 4.78 is 0.648. The van der Waals surface area contributed by atoms with Crippen LogP contribution in [0.4, 0.5) is 4.79 Å². The molecule has 0 aromatic carbocycles. The Morgan fingerprint density at radius 3 is 2.87 bits per heavy atom. The van der Waals surface area contributed by atoms with Crippen molar-refractivity contribution in [3.8, 4) is 0 Å². The number of carbonyl (C=O) groups is 2. The standard InChI is InChI=1S/C8H11BrN2O3S/c1-5(9)2-10-8(14)11-4-15-3-6(11)7(12)13/h6H,1-4H2,(H,10,14)(H,12,13). The SMILES string of the molecule is C=C(Br)CNC(=O)N1CSCC1C(=O)O. The Hall–Kier alpha value is -0.690. The van der Waals surface area contributed by atoms with Crippen LogP contribution in [0, 0.1) is 0 Å². The highest BCUT2D eigenvalue weighted by Gasteiger charge is 2.34. The van der Waals surface area contributed by atoms with Crippen molar-refractivity contribution < 1.29 is 14.7 Å². The smallest absolute Gasteiger partial charge is 0.327 e. The number of aliphatic carboxylic acids is 1. The Labute approximate surface area is 100 Å². The Morgan fingerprint density at radius 1 is 1.67 bits per heavy atom. The maximum atomic E-state index is 11.5. The fourth-order valence-electron chi connectivity index (χ4n) is 1.12. The van der Waals surface area contributed by atoms with E-state index in [2.05, 4.69) is 27.8 Å². The van der Waals surface area contributed by atoms with E-state index in [1.165, 1.54) is 16.7 Å². The minimum atomic E-state index is -0.965. The molecule has 0 aromatic rings. The number of carboxylic acids is 1. The molecular weight excluding hydrogens is 284 g/mol. The van der Waals surface area contributed by atoms with E-state index in [0.717, 1.165) is 0 Å². The minimum Gasteiger partial charge on any atom is -0.480 e. The highest BCUT2D eigenvalue weighted by molar-refractivity contribution is 9.11. The van der Waals surface area contributed by atoms with Gasteiger partial charge in [-0.3, -0.25) is 0 Å². The van der Waals surface area contributed by atoms with Gasteiger partial charge in [-0.25, -0.2) is 9.59 Å². The van der Waals surface area contributed by atoms with Crippen molar-refractivity contribution in [2.45, 2.75) is 6.04 Å². The number of hydrogen-bond donors (Lipinski definition) is 2. The number of carbonyl (C=O) groups excluding carboxylic acids is 1. The molecule has 0 spiro atoms. The number of thioether (sulfide) groups is 1. The molecule has 1 unspecified atom stereocenters. The van der Waals surface area contributed by atoms with E-state index in [0.29, 0.717) is 22.7 Å². The first-order valence-electron chi connectivity index (χ1n) is 4.20. The van der Waals surface area contributed by atoms with Crippen LogP contribution in [0.5, 0.6) is 0 Å². The van der Waals surface area contributed by atoms with Crippen LogP contribution in [-0.2, 0) is 4.79 Å². The summed E-state index contributed by atoms with van der Waals surface area (Å²) in [4.78, 5) is 23.6. The largest absolute Gasteiger partial charge is 0.480 e. The lowest BCUT2D eigenvalue weighted by molar-refractivity contribution is -0.140. The molecule has 7 heteroatoms. The molecule has 1 heterocycles. The van der Waals surface area contributed by atoms with Gasteiger partial charge in [-0.05, 0) is 0 Å². The normalized spacial score (nSPS) is 20.1. The number of halogens is 1. The van der Waals surface area contributed by atoms with Crippen molar-refractivity contribution in [3.63, 3.8) is 0 Å². The van der Waals surface area contributed by atoms with E-state index >= 15 is 0 Å². The van der Waals surface area contributed by atoms with Crippen LogP contribution in [0.25, 0.3) is 0 Å². The van der Waals surface area contributed by atoms with Crippen molar-refractivity contribution in [1.29, 1.82) is 0 Å². The minimum absolute atomic E-state index is 0.298. The Bertz CT molecular complexity index is 298. The summed E-state index contributed by atoms with van der Waals surface area (Å²) in [7, 11) is 0. The Balaban J connectivity index is 2.51. The second-order valence-electron chi connectivity index (χ2n) is 3.00. The molecule has 0 aliphatic carbocycles. The summed E-state index contributed by atoms with van der Waals surface area (Å²) in [5.74, 6) is -0.108. The third kappa shape index (κ3) is 3.42. The highest BCUT2D eigenvalue weighted by Crippen LogP contribution is 2.20. The maximum absolute atomic E-state index is 11.5. The zero-order valence-electron chi connectivity index (χ0n) is 7.90. The first-order valence-corrected chi connectivity index (χ1v) is 6.15. The molecule has 2 N–H and O–H groups in total. The average Bonchev–Trinajstić information content (AvgIpc) is 2.62. The second-order valence-corrected chi connectivity index (χ2v) is 5.12. The van der Waals surface area contributed by atoms with E-state index in [4.69, 9.17) is 5.11 Å². The first kappa shape index (κ1) is 12.4. The topological polar surface area (TPSA) is 69.6 Å². The summed E-state index contributed by atoms with van der Waals surface area (Å²) in [5, 5.41) is 11.4. The lowest BCUT2D eigenvalue weighted by atomic mass is 10.3. The molecule has 0 bridgehead atoms. The molecule has 1 atom stereocenters. The summed E-state index contributed by atoms with van der Waals surface area (Å²) in [6.07, 6.45) is 0. The molecule has 0 aromatic heterocycles. The molecule has 1 saturated heterocycles. The summed E-state index contributed by atoms with van der Waals surface area (Å²) in [5.41, 5.74) is 0. The number of carboxylic acid groups (broad SMARTS) is 1. The second kappa shape index (κ2) is 5.41. The fraction of sp³-hybridized carbons (Fsp3) is 0.500. The van der Waals surface area contributed by atoms with Gasteiger partial charge in [0.05, 0.1) is 12.4 Å². The fourth-order valence-corrected chi connectivity index (χ4v) is 2.41. The van der Waals surface area contributed by atoms with Crippen LogP contribution < -0.4 is 5.32 Å². The van der Waals surface area contributed by atoms with E-state index in [1.54, 1.807) is 0 Å². The molecule has 1 rings (SSSR count). The van der Waals surface area contributed by atoms with E-state index in [-0.39, 0.29) is 6.03 Å². The van der Waals surface area contributed by atoms with Crippen molar-refractivity contribution in [1.82, 2.24) is 10.2 Å². The molecule has 0 radical (unpaired) electrons. The van der Waals surface area contributed by atoms with Crippen LogP contribution in [0.2, 0.25) is 0 Å². The number of nitrogens with zero attached hydrogens (tertiary/aromatic N) is 1. The van der Waals surface area contributed by atoms with Crippen molar-refractivity contribution in [2.75, 3.05) is 18.2 Å². The summed E-state index contributed by atoms with van der Waals surface area (Å²) in [6, 6.07) is -1.09. The van der Waals surface area contributed by atoms with E-state index in [9.17, 15) is 9.59 Å². The van der Waals surface area contributed by atoms with Crippen LogP contribution in [0.1, 0.15) is 0 Å². The van der Waals surface area contributed by atoms with E-state index in [1.807, 2.05) is 0 Å². The van der Waals surface area contributed by atoms with Crippen LogP contribution in [0.3, 0.4) is 0 Å². The van der Waals surface area contributed by atoms with Crippen LogP contribution >= 0.6 is 27.7 Å². The first-order chi connectivity index (χ1) is 7.02. The number of nitrogens with one attached hydrogen (secondary N) is 1. The molecule has 1 aliphatic rings. The van der Waals surface area contributed by atoms with Gasteiger partial charge >= 0.3 is 12.0 Å². The van der Waals surface area contributed by atoms with Crippen molar-refractivity contribution in [3.05, 3.63) is 11.1 Å². The maximum Gasteiger partial charge on any atom is 0.327 e. The molecule has 5 nitrogen and oxygen atoms in total. The monoisotopic (exact) mass is 294 g/mol. The number of amides is 2. The van der Waals surface area contributed by atoms with Gasteiger partial charge in [-0.2, -0.15) is 0 Å². The van der Waals surface area contributed by atoms with Crippen LogP contribution in [-0.4, -0.2) is 46.2 Å². The van der Waals surface area contributed by atoms with Gasteiger partial charge < -0.3 is 15.3 Å². The van der Waals surface area contributed by atoms with Gasteiger partial charge in [0.25, 0.3) is 0 Å². The summed E-state index contributed by atoms with van der Waals surface area (Å²) in [6.45, 7) is 3.87. The molecule has 2 amide bonds. The third-order valence-corrected chi connectivity index (χ3v) is 3.15. The lowest BCUT2D eigenvalue weighted by Gasteiger charge is -2.20. The zero-order valence-corrected chi connectivity index (χ0v) is 10.3. The van der Waals surface area contributed by atoms with Gasteiger partial charge in [0, 0.05) is 10.2 Å². The quantitative estimate of drug-likeness (QED) is 0.817. The molecule has 0 saturated carbocycles. The van der Waals surface area contributed by atoms with Gasteiger partial charge in [-0.1, -0.05) is 22.5 Å². The predicted octanol–water partition coefficient (Wildman–Crippen LogP) is 1.06. The Kier molecular flexibility index (Phi) is 4.46. The highest BCUT2D eigenvalue weighted by atomic mass is 79.9.